The first-order chi connectivity index (χ1) is 13.5. The zero-order valence-corrected chi connectivity index (χ0v) is 14.2. The van der Waals surface area contributed by atoms with Crippen LogP contribution in [0.1, 0.15) is 5.56 Å². The van der Waals surface area contributed by atoms with Crippen LogP contribution in [0.2, 0.25) is 0 Å². The Hall–Kier alpha value is -3.68. The summed E-state index contributed by atoms with van der Waals surface area (Å²) in [6.07, 6.45) is 2.30. The van der Waals surface area contributed by atoms with Gasteiger partial charge in [-0.25, -0.2) is 4.98 Å². The largest absolute Gasteiger partial charge is 0.416 e. The minimum atomic E-state index is -4.42. The van der Waals surface area contributed by atoms with Crippen LogP contribution in [0.4, 0.5) is 24.7 Å². The van der Waals surface area contributed by atoms with Crippen molar-refractivity contribution in [3.8, 4) is 0 Å². The monoisotopic (exact) mass is 379 g/mol. The third-order valence-corrected chi connectivity index (χ3v) is 4.59. The highest BCUT2D eigenvalue weighted by Crippen LogP contribution is 2.36. The summed E-state index contributed by atoms with van der Waals surface area (Å²) >= 11 is 0. The maximum Gasteiger partial charge on any atom is 0.416 e. The lowest BCUT2D eigenvalue weighted by atomic mass is 10.1. The Morgan fingerprint density at radius 3 is 2.54 bits per heavy atom. The second kappa shape index (κ2) is 5.91. The van der Waals surface area contributed by atoms with Gasteiger partial charge in [-0.3, -0.25) is 9.97 Å². The van der Waals surface area contributed by atoms with Gasteiger partial charge < -0.3 is 10.3 Å². The Balaban J connectivity index is 1.75. The van der Waals surface area contributed by atoms with Crippen LogP contribution in [-0.4, -0.2) is 19.9 Å². The summed E-state index contributed by atoms with van der Waals surface area (Å²) in [6, 6.07) is 8.79. The molecule has 28 heavy (non-hydrogen) atoms. The molecule has 1 aromatic carbocycles. The van der Waals surface area contributed by atoms with E-state index in [1.165, 1.54) is 6.07 Å². The third kappa shape index (κ3) is 2.61. The lowest BCUT2D eigenvalue weighted by Crippen LogP contribution is -2.05. The molecule has 5 nitrogen and oxygen atoms in total. The van der Waals surface area contributed by atoms with Crippen molar-refractivity contribution in [3.63, 3.8) is 0 Å². The number of rotatable bonds is 2. The molecule has 5 rings (SSSR count). The van der Waals surface area contributed by atoms with Gasteiger partial charge >= 0.3 is 6.18 Å². The standard InChI is InChI=1S/C20H12F3N5/c21-20(22,23)11-2-1-3-12(8-11)26-19-18-17(13-4-6-24-9-15(13)27-18)14-5-7-25-10-16(14)28-19/h1-10,27H,(H,26,28). The maximum atomic E-state index is 13.0. The van der Waals surface area contributed by atoms with E-state index in [-0.39, 0.29) is 0 Å². The van der Waals surface area contributed by atoms with E-state index in [9.17, 15) is 13.2 Å². The van der Waals surface area contributed by atoms with E-state index in [1.807, 2.05) is 12.1 Å². The Kier molecular flexibility index (Phi) is 3.48. The Labute approximate surface area is 156 Å². The van der Waals surface area contributed by atoms with Crippen molar-refractivity contribution in [3.05, 3.63) is 66.7 Å². The molecule has 138 valence electrons. The first-order valence-corrected chi connectivity index (χ1v) is 8.44. The fourth-order valence-corrected chi connectivity index (χ4v) is 3.36. The van der Waals surface area contributed by atoms with Gasteiger partial charge in [0.25, 0.3) is 0 Å². The molecule has 0 spiro atoms. The number of nitrogens with zero attached hydrogens (tertiary/aromatic N) is 3. The number of anilines is 2. The van der Waals surface area contributed by atoms with E-state index < -0.39 is 11.7 Å². The number of aromatic amines is 1. The van der Waals surface area contributed by atoms with Crippen LogP contribution >= 0.6 is 0 Å². The zero-order chi connectivity index (χ0) is 19.3. The fourth-order valence-electron chi connectivity index (χ4n) is 3.36. The Morgan fingerprint density at radius 1 is 0.929 bits per heavy atom. The minimum Gasteiger partial charge on any atom is -0.350 e. The number of benzene rings is 1. The molecule has 0 saturated heterocycles. The molecule has 4 heterocycles. The number of hydrogen-bond donors (Lipinski definition) is 2. The molecule has 4 aromatic heterocycles. The van der Waals surface area contributed by atoms with Crippen molar-refractivity contribution in [1.82, 2.24) is 19.9 Å². The molecule has 2 N–H and O–H groups in total. The van der Waals surface area contributed by atoms with E-state index in [4.69, 9.17) is 0 Å². The maximum absolute atomic E-state index is 13.0. The van der Waals surface area contributed by atoms with Crippen molar-refractivity contribution in [1.29, 1.82) is 0 Å². The van der Waals surface area contributed by atoms with E-state index >= 15 is 0 Å². The lowest BCUT2D eigenvalue weighted by Gasteiger charge is -2.12. The van der Waals surface area contributed by atoms with Crippen molar-refractivity contribution < 1.29 is 13.2 Å². The molecule has 0 unspecified atom stereocenters. The Morgan fingerprint density at radius 2 is 1.71 bits per heavy atom. The van der Waals surface area contributed by atoms with Crippen molar-refractivity contribution in [2.75, 3.05) is 5.32 Å². The third-order valence-electron chi connectivity index (χ3n) is 4.59. The highest BCUT2D eigenvalue weighted by atomic mass is 19.4. The van der Waals surface area contributed by atoms with Crippen molar-refractivity contribution in [2.24, 2.45) is 0 Å². The second-order valence-electron chi connectivity index (χ2n) is 6.35. The van der Waals surface area contributed by atoms with Crippen LogP contribution in [0.3, 0.4) is 0 Å². The molecule has 0 atom stereocenters. The minimum absolute atomic E-state index is 0.295. The summed E-state index contributed by atoms with van der Waals surface area (Å²) in [6.45, 7) is 0. The highest BCUT2D eigenvalue weighted by Gasteiger charge is 2.30. The van der Waals surface area contributed by atoms with Gasteiger partial charge in [0.15, 0.2) is 5.82 Å². The number of pyridine rings is 3. The molecule has 0 fully saturated rings. The van der Waals surface area contributed by atoms with E-state index in [0.717, 1.165) is 33.8 Å². The highest BCUT2D eigenvalue weighted by molar-refractivity contribution is 6.21. The number of hydrogen-bond acceptors (Lipinski definition) is 4. The van der Waals surface area contributed by atoms with Crippen LogP contribution in [0, 0.1) is 0 Å². The van der Waals surface area contributed by atoms with Crippen LogP contribution in [0.25, 0.3) is 32.7 Å². The number of aromatic nitrogens is 4. The van der Waals surface area contributed by atoms with E-state index in [1.54, 1.807) is 30.9 Å². The number of fused-ring (bicyclic) bond motifs is 5. The van der Waals surface area contributed by atoms with Gasteiger partial charge in [-0.2, -0.15) is 13.2 Å². The topological polar surface area (TPSA) is 66.5 Å². The molecule has 5 aromatic rings. The SMILES string of the molecule is FC(F)(F)c1cccc(Nc2nc3cnccc3c3c2[nH]c2cnccc23)c1. The zero-order valence-electron chi connectivity index (χ0n) is 14.2. The van der Waals surface area contributed by atoms with Crippen LogP contribution in [0.5, 0.6) is 0 Å². The van der Waals surface area contributed by atoms with Crippen molar-refractivity contribution in [2.45, 2.75) is 6.18 Å². The first kappa shape index (κ1) is 16.5. The van der Waals surface area contributed by atoms with E-state index in [0.29, 0.717) is 22.5 Å². The van der Waals surface area contributed by atoms with Crippen LogP contribution in [-0.2, 0) is 6.18 Å². The van der Waals surface area contributed by atoms with Gasteiger partial charge in [-0.1, -0.05) is 6.07 Å². The fraction of sp³-hybridized carbons (Fsp3) is 0.0500. The molecule has 0 bridgehead atoms. The van der Waals surface area contributed by atoms with Crippen LogP contribution < -0.4 is 5.32 Å². The molecule has 0 aliphatic heterocycles. The van der Waals surface area contributed by atoms with Gasteiger partial charge in [-0.15, -0.1) is 0 Å². The molecule has 8 heteroatoms. The van der Waals surface area contributed by atoms with E-state index in [2.05, 4.69) is 25.3 Å². The summed E-state index contributed by atoms with van der Waals surface area (Å²) in [5.41, 5.74) is 1.72. The lowest BCUT2D eigenvalue weighted by molar-refractivity contribution is -0.137. The molecular formula is C20H12F3N5. The average molecular weight is 379 g/mol. The molecule has 0 amide bonds. The number of nitrogens with one attached hydrogen (secondary N) is 2. The van der Waals surface area contributed by atoms with Crippen LogP contribution in [0.15, 0.2) is 61.2 Å². The second-order valence-corrected chi connectivity index (χ2v) is 6.35. The quantitative estimate of drug-likeness (QED) is 0.430. The van der Waals surface area contributed by atoms with Gasteiger partial charge in [0.05, 0.1) is 34.5 Å². The first-order valence-electron chi connectivity index (χ1n) is 8.44. The summed E-state index contributed by atoms with van der Waals surface area (Å²) < 4.78 is 39.1. The van der Waals surface area contributed by atoms with Gasteiger partial charge in [0.1, 0.15) is 0 Å². The van der Waals surface area contributed by atoms with Crippen molar-refractivity contribution >= 4 is 44.2 Å². The average Bonchev–Trinajstić information content (AvgIpc) is 3.08. The molecule has 0 aliphatic rings. The summed E-state index contributed by atoms with van der Waals surface area (Å²) in [5.74, 6) is 0.422. The number of halogens is 3. The molecular weight excluding hydrogens is 367 g/mol. The number of H-pyrrole nitrogens is 1. The molecule has 0 radical (unpaired) electrons. The summed E-state index contributed by atoms with van der Waals surface area (Å²) in [5, 5.41) is 5.79. The van der Waals surface area contributed by atoms with Gasteiger partial charge in [0, 0.05) is 34.2 Å². The normalized spacial score (nSPS) is 12.1. The Bertz CT molecular complexity index is 1340. The summed E-state index contributed by atoms with van der Waals surface area (Å²) in [4.78, 5) is 16.1. The van der Waals surface area contributed by atoms with Gasteiger partial charge in [-0.05, 0) is 30.3 Å². The smallest absolute Gasteiger partial charge is 0.350 e. The summed E-state index contributed by atoms with van der Waals surface area (Å²) in [7, 11) is 0. The molecule has 0 aliphatic carbocycles. The predicted octanol–water partition coefficient (Wildman–Crippen LogP) is 5.42. The van der Waals surface area contributed by atoms with Gasteiger partial charge in [0.2, 0.25) is 0 Å². The number of alkyl halides is 3. The molecule has 0 saturated carbocycles. The predicted molar refractivity (Wildman–Crippen MR) is 101 cm³/mol.